The van der Waals surface area contributed by atoms with Gasteiger partial charge in [-0.05, 0) is 37.8 Å². The van der Waals surface area contributed by atoms with Crippen molar-refractivity contribution in [2.24, 2.45) is 0 Å². The number of rotatable bonds is 2. The fraction of sp³-hybridized carbons (Fsp3) is 0.588. The molecule has 3 atom stereocenters. The first-order chi connectivity index (χ1) is 10.3. The van der Waals surface area contributed by atoms with Crippen LogP contribution in [0.5, 0.6) is 0 Å². The number of hydrogen-bond acceptors (Lipinski definition) is 3. The Bertz CT molecular complexity index is 631. The van der Waals surface area contributed by atoms with E-state index in [4.69, 9.17) is 9.72 Å². The van der Waals surface area contributed by atoms with E-state index in [0.29, 0.717) is 0 Å². The standard InChI is InChI=1S/C17H22N2O2/c20-15-9-4-3-8-14(15)19-13-7-2-1-6-12(13)18-17(19)16-10-5-11-21-16/h1-2,6-7,14-16,20H,3-5,8-11H2/t14-,15-,16-/m0/s1. The number of aliphatic hydroxyl groups is 1. The van der Waals surface area contributed by atoms with Gasteiger partial charge in [0.15, 0.2) is 0 Å². The minimum Gasteiger partial charge on any atom is -0.391 e. The maximum atomic E-state index is 10.5. The summed E-state index contributed by atoms with van der Waals surface area (Å²) in [7, 11) is 0. The predicted molar refractivity (Wildman–Crippen MR) is 81.2 cm³/mol. The number of imidazole rings is 1. The molecule has 1 aliphatic heterocycles. The first-order valence-corrected chi connectivity index (χ1v) is 8.11. The Labute approximate surface area is 124 Å². The van der Waals surface area contributed by atoms with Crippen molar-refractivity contribution in [2.75, 3.05) is 6.61 Å². The smallest absolute Gasteiger partial charge is 0.139 e. The number of hydrogen-bond donors (Lipinski definition) is 1. The molecule has 1 saturated carbocycles. The van der Waals surface area contributed by atoms with Crippen molar-refractivity contribution in [3.63, 3.8) is 0 Å². The van der Waals surface area contributed by atoms with E-state index in [9.17, 15) is 5.11 Å². The third-order valence-electron chi connectivity index (χ3n) is 4.87. The number of para-hydroxylation sites is 2. The Morgan fingerprint density at radius 3 is 2.76 bits per heavy atom. The average molecular weight is 286 g/mol. The SMILES string of the molecule is O[C@H]1CCCC[C@@H]1n1c([C@@H]2CCCO2)nc2ccccc21. The van der Waals surface area contributed by atoms with Gasteiger partial charge in [-0.15, -0.1) is 0 Å². The zero-order chi connectivity index (χ0) is 14.2. The van der Waals surface area contributed by atoms with Gasteiger partial charge in [-0.25, -0.2) is 4.98 Å². The van der Waals surface area contributed by atoms with Gasteiger partial charge in [-0.1, -0.05) is 25.0 Å². The zero-order valence-corrected chi connectivity index (χ0v) is 12.2. The lowest BCUT2D eigenvalue weighted by Crippen LogP contribution is -2.29. The molecule has 4 nitrogen and oxygen atoms in total. The van der Waals surface area contributed by atoms with Crippen molar-refractivity contribution < 1.29 is 9.84 Å². The summed E-state index contributed by atoms with van der Waals surface area (Å²) in [5.74, 6) is 1.01. The van der Waals surface area contributed by atoms with E-state index in [2.05, 4.69) is 22.8 Å². The molecule has 0 radical (unpaired) electrons. The van der Waals surface area contributed by atoms with Gasteiger partial charge in [-0.3, -0.25) is 0 Å². The van der Waals surface area contributed by atoms with E-state index in [1.807, 2.05) is 6.07 Å². The van der Waals surface area contributed by atoms with E-state index in [-0.39, 0.29) is 18.2 Å². The molecule has 1 aliphatic carbocycles. The maximum Gasteiger partial charge on any atom is 0.139 e. The van der Waals surface area contributed by atoms with E-state index >= 15 is 0 Å². The quantitative estimate of drug-likeness (QED) is 0.920. The van der Waals surface area contributed by atoms with Crippen LogP contribution in [0.15, 0.2) is 24.3 Å². The van der Waals surface area contributed by atoms with Crippen LogP contribution in [0.1, 0.15) is 56.5 Å². The highest BCUT2D eigenvalue weighted by molar-refractivity contribution is 5.76. The third-order valence-corrected chi connectivity index (χ3v) is 4.87. The number of nitrogens with zero attached hydrogens (tertiary/aromatic N) is 2. The summed E-state index contributed by atoms with van der Waals surface area (Å²) in [5.41, 5.74) is 2.15. The number of aliphatic hydroxyl groups excluding tert-OH is 1. The molecule has 1 aromatic heterocycles. The highest BCUT2D eigenvalue weighted by atomic mass is 16.5. The Kier molecular flexibility index (Phi) is 3.43. The summed E-state index contributed by atoms with van der Waals surface area (Å²) in [6.07, 6.45) is 6.18. The lowest BCUT2D eigenvalue weighted by molar-refractivity contribution is 0.0630. The number of ether oxygens (including phenoxy) is 1. The minimum absolute atomic E-state index is 0.0894. The van der Waals surface area contributed by atoms with Crippen molar-refractivity contribution in [1.82, 2.24) is 9.55 Å². The van der Waals surface area contributed by atoms with Crippen molar-refractivity contribution in [3.8, 4) is 0 Å². The van der Waals surface area contributed by atoms with E-state index < -0.39 is 0 Å². The fourth-order valence-corrected chi connectivity index (χ4v) is 3.81. The molecule has 4 heteroatoms. The summed E-state index contributed by atoms with van der Waals surface area (Å²) in [5, 5.41) is 10.5. The predicted octanol–water partition coefficient (Wildman–Crippen LogP) is 3.36. The maximum absolute atomic E-state index is 10.5. The molecule has 0 spiro atoms. The Balaban J connectivity index is 1.85. The molecule has 0 bridgehead atoms. The van der Waals surface area contributed by atoms with Crippen LogP contribution in [0.4, 0.5) is 0 Å². The summed E-state index contributed by atoms with van der Waals surface area (Å²) in [6.45, 7) is 0.821. The highest BCUT2D eigenvalue weighted by Gasteiger charge is 2.32. The highest BCUT2D eigenvalue weighted by Crippen LogP contribution is 2.37. The molecule has 21 heavy (non-hydrogen) atoms. The van der Waals surface area contributed by atoms with E-state index in [0.717, 1.165) is 55.6 Å². The topological polar surface area (TPSA) is 47.3 Å². The fourth-order valence-electron chi connectivity index (χ4n) is 3.81. The van der Waals surface area contributed by atoms with Gasteiger partial charge in [0.1, 0.15) is 11.9 Å². The molecular weight excluding hydrogens is 264 g/mol. The summed E-state index contributed by atoms with van der Waals surface area (Å²) < 4.78 is 8.14. The van der Waals surface area contributed by atoms with Crippen LogP contribution < -0.4 is 0 Å². The molecule has 2 fully saturated rings. The Hall–Kier alpha value is -1.39. The van der Waals surface area contributed by atoms with E-state index in [1.165, 1.54) is 6.42 Å². The van der Waals surface area contributed by atoms with Crippen LogP contribution in [0.2, 0.25) is 0 Å². The van der Waals surface area contributed by atoms with Crippen LogP contribution in [-0.2, 0) is 4.74 Å². The monoisotopic (exact) mass is 286 g/mol. The molecular formula is C17H22N2O2. The van der Waals surface area contributed by atoms with Gasteiger partial charge >= 0.3 is 0 Å². The second-order valence-electron chi connectivity index (χ2n) is 6.25. The van der Waals surface area contributed by atoms with Gasteiger partial charge in [0.25, 0.3) is 0 Å². The number of aromatic nitrogens is 2. The molecule has 0 amide bonds. The molecule has 1 N–H and O–H groups in total. The summed E-state index contributed by atoms with van der Waals surface area (Å²) >= 11 is 0. The van der Waals surface area contributed by atoms with Crippen molar-refractivity contribution in [1.29, 1.82) is 0 Å². The molecule has 2 aliphatic rings. The van der Waals surface area contributed by atoms with Gasteiger partial charge < -0.3 is 14.4 Å². The van der Waals surface area contributed by atoms with Crippen LogP contribution >= 0.6 is 0 Å². The molecule has 4 rings (SSSR count). The molecule has 1 saturated heterocycles. The van der Waals surface area contributed by atoms with E-state index in [1.54, 1.807) is 0 Å². The molecule has 1 aromatic carbocycles. The average Bonchev–Trinajstić information content (AvgIpc) is 3.15. The van der Waals surface area contributed by atoms with Crippen LogP contribution in [0.25, 0.3) is 11.0 Å². The van der Waals surface area contributed by atoms with Crippen molar-refractivity contribution in [2.45, 2.75) is 56.8 Å². The summed E-state index contributed by atoms with van der Waals surface area (Å²) in [6, 6.07) is 8.39. The van der Waals surface area contributed by atoms with Crippen molar-refractivity contribution >= 4 is 11.0 Å². The Morgan fingerprint density at radius 1 is 1.10 bits per heavy atom. The molecule has 112 valence electrons. The second kappa shape index (κ2) is 5.43. The first-order valence-electron chi connectivity index (χ1n) is 8.11. The normalized spacial score (nSPS) is 30.0. The van der Waals surface area contributed by atoms with Gasteiger partial charge in [0.2, 0.25) is 0 Å². The van der Waals surface area contributed by atoms with Crippen LogP contribution in [0.3, 0.4) is 0 Å². The third kappa shape index (κ3) is 2.27. The van der Waals surface area contributed by atoms with Crippen molar-refractivity contribution in [3.05, 3.63) is 30.1 Å². The Morgan fingerprint density at radius 2 is 1.95 bits per heavy atom. The molecule has 2 heterocycles. The van der Waals surface area contributed by atoms with Gasteiger partial charge in [0, 0.05) is 6.61 Å². The van der Waals surface area contributed by atoms with Gasteiger partial charge in [0.05, 0.1) is 23.2 Å². The lowest BCUT2D eigenvalue weighted by atomic mass is 9.92. The lowest BCUT2D eigenvalue weighted by Gasteiger charge is -2.31. The molecule has 0 unspecified atom stereocenters. The van der Waals surface area contributed by atoms with Crippen LogP contribution in [-0.4, -0.2) is 27.4 Å². The summed E-state index contributed by atoms with van der Waals surface area (Å²) in [4.78, 5) is 4.83. The molecule has 2 aromatic rings. The first kappa shape index (κ1) is 13.3. The zero-order valence-electron chi connectivity index (χ0n) is 12.2. The van der Waals surface area contributed by atoms with Crippen LogP contribution in [0, 0.1) is 0 Å². The van der Waals surface area contributed by atoms with Gasteiger partial charge in [-0.2, -0.15) is 0 Å². The minimum atomic E-state index is -0.267. The largest absolute Gasteiger partial charge is 0.391 e. The number of fused-ring (bicyclic) bond motifs is 1. The second-order valence-corrected chi connectivity index (χ2v) is 6.25. The number of benzene rings is 1.